The van der Waals surface area contributed by atoms with Crippen LogP contribution in [-0.4, -0.2) is 66.1 Å². The number of morpholine rings is 1. The summed E-state index contributed by atoms with van der Waals surface area (Å²) in [6.07, 6.45) is 0. The minimum Gasteiger partial charge on any atom is -0.497 e. The van der Waals surface area contributed by atoms with Crippen molar-refractivity contribution in [3.63, 3.8) is 0 Å². The number of benzene rings is 1. The zero-order valence-corrected chi connectivity index (χ0v) is 17.8. The molecule has 0 radical (unpaired) electrons. The second kappa shape index (κ2) is 8.17. The van der Waals surface area contributed by atoms with Crippen molar-refractivity contribution in [2.45, 2.75) is 25.3 Å². The van der Waals surface area contributed by atoms with Crippen LogP contribution in [0.3, 0.4) is 0 Å². The third-order valence-electron chi connectivity index (χ3n) is 4.97. The summed E-state index contributed by atoms with van der Waals surface area (Å²) in [5.41, 5.74) is 1.73. The van der Waals surface area contributed by atoms with E-state index in [1.54, 1.807) is 25.6 Å². The first-order valence-electron chi connectivity index (χ1n) is 9.49. The lowest BCUT2D eigenvalue weighted by atomic mass is 10.2. The number of hydrogen-bond donors (Lipinski definition) is 0. The van der Waals surface area contributed by atoms with Crippen molar-refractivity contribution in [2.75, 3.05) is 33.4 Å². The van der Waals surface area contributed by atoms with Gasteiger partial charge in [-0.05, 0) is 38.1 Å². The van der Waals surface area contributed by atoms with Crippen molar-refractivity contribution in [1.82, 2.24) is 24.3 Å². The molecule has 0 atom stereocenters. The summed E-state index contributed by atoms with van der Waals surface area (Å²) in [4.78, 5) is 0.222. The average Bonchev–Trinajstić information content (AvgIpc) is 3.33. The monoisotopic (exact) mass is 433 g/mol. The number of nitrogens with zero attached hydrogens (tertiary/aromatic N) is 5. The molecule has 1 aliphatic heterocycles. The topological polar surface area (TPSA) is 113 Å². The van der Waals surface area contributed by atoms with Crippen LogP contribution in [0.25, 0.3) is 11.5 Å². The molecule has 0 unspecified atom stereocenters. The number of rotatable bonds is 6. The van der Waals surface area contributed by atoms with Crippen LogP contribution in [-0.2, 0) is 21.3 Å². The molecular weight excluding hydrogens is 410 g/mol. The van der Waals surface area contributed by atoms with Crippen molar-refractivity contribution in [3.05, 3.63) is 41.5 Å². The normalized spacial score (nSPS) is 15.4. The molecule has 0 aliphatic carbocycles. The van der Waals surface area contributed by atoms with Crippen LogP contribution in [0.1, 0.15) is 17.3 Å². The van der Waals surface area contributed by atoms with E-state index in [0.29, 0.717) is 49.5 Å². The van der Waals surface area contributed by atoms with E-state index in [1.807, 2.05) is 24.3 Å². The Morgan fingerprint density at radius 3 is 2.47 bits per heavy atom. The van der Waals surface area contributed by atoms with Gasteiger partial charge in [-0.15, -0.1) is 10.2 Å². The average molecular weight is 433 g/mol. The fraction of sp³-hybridized carbons (Fsp3) is 0.421. The lowest BCUT2D eigenvalue weighted by molar-refractivity contribution is 0.0730. The van der Waals surface area contributed by atoms with Crippen LogP contribution in [0.2, 0.25) is 0 Å². The van der Waals surface area contributed by atoms with E-state index in [4.69, 9.17) is 13.9 Å². The standard InChI is InChI=1S/C19H23N5O5S/c1-13-18(30(25,26)23-8-10-28-11-9-23)14(2)24(22-13)12-17-20-21-19(29-17)15-4-6-16(27-3)7-5-15/h4-7H,8-12H2,1-3H3. The molecule has 4 rings (SSSR count). The van der Waals surface area contributed by atoms with Crippen LogP contribution in [0.5, 0.6) is 5.75 Å². The Kier molecular flexibility index (Phi) is 5.58. The number of hydrogen-bond acceptors (Lipinski definition) is 8. The minimum absolute atomic E-state index is 0.175. The molecule has 1 saturated heterocycles. The Labute approximate surface area is 174 Å². The van der Waals surface area contributed by atoms with Crippen LogP contribution in [0.15, 0.2) is 33.6 Å². The smallest absolute Gasteiger partial charge is 0.247 e. The molecule has 0 N–H and O–H groups in total. The molecule has 160 valence electrons. The van der Waals surface area contributed by atoms with Gasteiger partial charge in [0.15, 0.2) is 0 Å². The molecular formula is C19H23N5O5S. The van der Waals surface area contributed by atoms with Crippen molar-refractivity contribution in [3.8, 4) is 17.2 Å². The van der Waals surface area contributed by atoms with Gasteiger partial charge in [0.1, 0.15) is 17.2 Å². The Morgan fingerprint density at radius 2 is 1.80 bits per heavy atom. The van der Waals surface area contributed by atoms with Crippen LogP contribution in [0.4, 0.5) is 0 Å². The largest absolute Gasteiger partial charge is 0.497 e. The Hall–Kier alpha value is -2.76. The highest BCUT2D eigenvalue weighted by atomic mass is 32.2. The molecule has 11 heteroatoms. The summed E-state index contributed by atoms with van der Waals surface area (Å²) >= 11 is 0. The third-order valence-corrected chi connectivity index (χ3v) is 7.12. The van der Waals surface area contributed by atoms with Gasteiger partial charge in [0.2, 0.25) is 21.8 Å². The fourth-order valence-electron chi connectivity index (χ4n) is 3.42. The van der Waals surface area contributed by atoms with E-state index in [1.165, 1.54) is 4.31 Å². The molecule has 0 spiro atoms. The zero-order chi connectivity index (χ0) is 21.3. The van der Waals surface area contributed by atoms with E-state index in [9.17, 15) is 8.42 Å². The minimum atomic E-state index is -3.65. The van der Waals surface area contributed by atoms with Crippen LogP contribution in [0, 0.1) is 13.8 Å². The van der Waals surface area contributed by atoms with E-state index in [2.05, 4.69) is 15.3 Å². The highest BCUT2D eigenvalue weighted by Gasteiger charge is 2.32. The SMILES string of the molecule is COc1ccc(-c2nnc(Cn3nc(C)c(S(=O)(=O)N4CCOCC4)c3C)o2)cc1. The number of aromatic nitrogens is 4. The van der Waals surface area contributed by atoms with Gasteiger partial charge in [-0.1, -0.05) is 0 Å². The van der Waals surface area contributed by atoms with Crippen LogP contribution < -0.4 is 4.74 Å². The van der Waals surface area contributed by atoms with E-state index < -0.39 is 10.0 Å². The highest BCUT2D eigenvalue weighted by Crippen LogP contribution is 2.26. The first kappa shape index (κ1) is 20.5. The number of sulfonamides is 1. The molecule has 1 aliphatic rings. The molecule has 30 heavy (non-hydrogen) atoms. The second-order valence-corrected chi connectivity index (χ2v) is 8.78. The second-order valence-electron chi connectivity index (χ2n) is 6.90. The number of methoxy groups -OCH3 is 1. The van der Waals surface area contributed by atoms with Gasteiger partial charge in [-0.3, -0.25) is 4.68 Å². The van der Waals surface area contributed by atoms with Gasteiger partial charge in [-0.25, -0.2) is 8.42 Å². The predicted octanol–water partition coefficient (Wildman–Crippen LogP) is 1.63. The summed E-state index contributed by atoms with van der Waals surface area (Å²) in [5.74, 6) is 1.44. The van der Waals surface area contributed by atoms with Gasteiger partial charge in [0, 0.05) is 18.7 Å². The van der Waals surface area contributed by atoms with E-state index >= 15 is 0 Å². The van der Waals surface area contributed by atoms with Gasteiger partial charge >= 0.3 is 0 Å². The lowest BCUT2D eigenvalue weighted by Gasteiger charge is -2.26. The molecule has 0 saturated carbocycles. The molecule has 3 aromatic rings. The Bertz CT molecular complexity index is 1130. The van der Waals surface area contributed by atoms with Gasteiger partial charge in [0.05, 0.1) is 31.7 Å². The van der Waals surface area contributed by atoms with Crippen molar-refractivity contribution in [1.29, 1.82) is 0 Å². The molecule has 0 bridgehead atoms. The van der Waals surface area contributed by atoms with Crippen molar-refractivity contribution < 1.29 is 22.3 Å². The number of aryl methyl sites for hydroxylation is 1. The molecule has 1 fully saturated rings. The Balaban J connectivity index is 1.57. The fourth-order valence-corrected chi connectivity index (χ4v) is 5.20. The molecule has 10 nitrogen and oxygen atoms in total. The van der Waals surface area contributed by atoms with Crippen LogP contribution >= 0.6 is 0 Å². The summed E-state index contributed by atoms with van der Waals surface area (Å²) < 4.78 is 45.4. The molecule has 0 amide bonds. The lowest BCUT2D eigenvalue weighted by Crippen LogP contribution is -2.41. The summed E-state index contributed by atoms with van der Waals surface area (Å²) in [6, 6.07) is 7.27. The highest BCUT2D eigenvalue weighted by molar-refractivity contribution is 7.89. The Morgan fingerprint density at radius 1 is 1.10 bits per heavy atom. The van der Waals surface area contributed by atoms with Crippen molar-refractivity contribution >= 4 is 10.0 Å². The number of ether oxygens (including phenoxy) is 2. The van der Waals surface area contributed by atoms with E-state index in [0.717, 1.165) is 11.3 Å². The predicted molar refractivity (Wildman–Crippen MR) is 107 cm³/mol. The third kappa shape index (κ3) is 3.83. The molecule has 2 aromatic heterocycles. The summed E-state index contributed by atoms with van der Waals surface area (Å²) in [7, 11) is -2.05. The first-order chi connectivity index (χ1) is 14.4. The maximum atomic E-state index is 13.1. The maximum absolute atomic E-state index is 13.1. The summed E-state index contributed by atoms with van der Waals surface area (Å²) in [6.45, 7) is 5.04. The van der Waals surface area contributed by atoms with Gasteiger partial charge < -0.3 is 13.9 Å². The summed E-state index contributed by atoms with van der Waals surface area (Å²) in [5, 5.41) is 12.6. The molecule has 1 aromatic carbocycles. The van der Waals surface area contributed by atoms with Gasteiger partial charge in [-0.2, -0.15) is 9.40 Å². The zero-order valence-electron chi connectivity index (χ0n) is 17.0. The quantitative estimate of drug-likeness (QED) is 0.576. The molecule has 3 heterocycles. The van der Waals surface area contributed by atoms with Gasteiger partial charge in [0.25, 0.3) is 0 Å². The maximum Gasteiger partial charge on any atom is 0.247 e. The van der Waals surface area contributed by atoms with Crippen molar-refractivity contribution in [2.24, 2.45) is 0 Å². The van der Waals surface area contributed by atoms with E-state index in [-0.39, 0.29) is 11.4 Å². The first-order valence-corrected chi connectivity index (χ1v) is 10.9.